The summed E-state index contributed by atoms with van der Waals surface area (Å²) in [6.45, 7) is 1.55. The number of nitrogens with one attached hydrogen (secondary N) is 1. The normalized spacial score (nSPS) is 10.5. The van der Waals surface area contributed by atoms with E-state index in [1.165, 1.54) is 6.07 Å². The topological polar surface area (TPSA) is 64.4 Å². The quantitative estimate of drug-likeness (QED) is 0.744. The highest BCUT2D eigenvalue weighted by Gasteiger charge is 2.00. The molecule has 0 atom stereocenters. The number of ether oxygens (including phenoxy) is 1. The molecule has 1 aromatic rings. The highest BCUT2D eigenvalue weighted by atomic mass is 79.9. The van der Waals surface area contributed by atoms with Crippen molar-refractivity contribution in [3.63, 3.8) is 0 Å². The number of hydrogen-bond donors (Lipinski definition) is 2. The standard InChI is InChI=1S/C11H14BrFN2O2/c12-9-5-8(1-2-10(9)13)6-15-3-4-17-7-11(14)16/h1-2,5,15H,3-4,6-7H2,(H2,14,16). The Balaban J connectivity index is 2.18. The largest absolute Gasteiger partial charge is 0.370 e. The Morgan fingerprint density at radius 1 is 1.53 bits per heavy atom. The lowest BCUT2D eigenvalue weighted by Gasteiger charge is -2.06. The third-order valence-electron chi connectivity index (χ3n) is 1.98. The molecule has 0 aliphatic carbocycles. The van der Waals surface area contributed by atoms with Gasteiger partial charge in [0.05, 0.1) is 11.1 Å². The Labute approximate surface area is 107 Å². The van der Waals surface area contributed by atoms with Crippen LogP contribution in [0.4, 0.5) is 4.39 Å². The molecule has 0 aliphatic heterocycles. The summed E-state index contributed by atoms with van der Waals surface area (Å²) in [4.78, 5) is 10.4. The van der Waals surface area contributed by atoms with E-state index in [-0.39, 0.29) is 12.4 Å². The van der Waals surface area contributed by atoms with E-state index in [2.05, 4.69) is 21.2 Å². The Hall–Kier alpha value is -0.980. The van der Waals surface area contributed by atoms with Crippen LogP contribution in [0.25, 0.3) is 0 Å². The zero-order valence-electron chi connectivity index (χ0n) is 9.21. The summed E-state index contributed by atoms with van der Waals surface area (Å²) in [7, 11) is 0. The lowest BCUT2D eigenvalue weighted by atomic mass is 10.2. The van der Waals surface area contributed by atoms with E-state index >= 15 is 0 Å². The molecule has 0 unspecified atom stereocenters. The molecule has 0 aliphatic rings. The number of carbonyl (C=O) groups excluding carboxylic acids is 1. The summed E-state index contributed by atoms with van der Waals surface area (Å²) in [5, 5.41) is 3.10. The minimum atomic E-state index is -0.479. The predicted molar refractivity (Wildman–Crippen MR) is 65.8 cm³/mol. The summed E-state index contributed by atoms with van der Waals surface area (Å²) < 4.78 is 18.3. The first-order valence-corrected chi connectivity index (χ1v) is 5.89. The lowest BCUT2D eigenvalue weighted by Crippen LogP contribution is -2.23. The van der Waals surface area contributed by atoms with Gasteiger partial charge in [-0.2, -0.15) is 0 Å². The molecule has 1 rings (SSSR count). The van der Waals surface area contributed by atoms with Crippen molar-refractivity contribution in [1.29, 1.82) is 0 Å². The number of carbonyl (C=O) groups is 1. The van der Waals surface area contributed by atoms with Crippen LogP contribution in [-0.4, -0.2) is 25.7 Å². The van der Waals surface area contributed by atoms with Crippen molar-refractivity contribution in [2.45, 2.75) is 6.54 Å². The molecule has 0 spiro atoms. The first kappa shape index (κ1) is 14.1. The van der Waals surface area contributed by atoms with Crippen LogP contribution in [0.3, 0.4) is 0 Å². The van der Waals surface area contributed by atoms with Crippen LogP contribution in [0.15, 0.2) is 22.7 Å². The molecular formula is C11H14BrFN2O2. The first-order valence-electron chi connectivity index (χ1n) is 5.10. The van der Waals surface area contributed by atoms with E-state index in [9.17, 15) is 9.18 Å². The van der Waals surface area contributed by atoms with E-state index in [0.29, 0.717) is 24.2 Å². The molecule has 0 saturated carbocycles. The van der Waals surface area contributed by atoms with Crippen LogP contribution in [0.1, 0.15) is 5.56 Å². The van der Waals surface area contributed by atoms with Crippen molar-refractivity contribution < 1.29 is 13.9 Å². The zero-order chi connectivity index (χ0) is 12.7. The molecule has 17 heavy (non-hydrogen) atoms. The second kappa shape index (κ2) is 7.37. The van der Waals surface area contributed by atoms with Gasteiger partial charge in [-0.3, -0.25) is 4.79 Å². The first-order chi connectivity index (χ1) is 8.09. The molecule has 0 saturated heterocycles. The summed E-state index contributed by atoms with van der Waals surface area (Å²) in [6, 6.07) is 4.83. The smallest absolute Gasteiger partial charge is 0.243 e. The summed E-state index contributed by atoms with van der Waals surface area (Å²) >= 11 is 3.12. The fourth-order valence-electron chi connectivity index (χ4n) is 1.20. The third-order valence-corrected chi connectivity index (χ3v) is 2.59. The van der Waals surface area contributed by atoms with E-state index in [1.807, 2.05) is 0 Å². The molecule has 4 nitrogen and oxygen atoms in total. The monoisotopic (exact) mass is 304 g/mol. The average molecular weight is 305 g/mol. The summed E-state index contributed by atoms with van der Waals surface area (Å²) in [6.07, 6.45) is 0. The third kappa shape index (κ3) is 5.76. The second-order valence-corrected chi connectivity index (χ2v) is 4.30. The fraction of sp³-hybridized carbons (Fsp3) is 0.364. The van der Waals surface area contributed by atoms with Crippen molar-refractivity contribution in [3.8, 4) is 0 Å². The van der Waals surface area contributed by atoms with Crippen molar-refractivity contribution in [2.75, 3.05) is 19.8 Å². The van der Waals surface area contributed by atoms with Crippen molar-refractivity contribution in [1.82, 2.24) is 5.32 Å². The predicted octanol–water partition coefficient (Wildman–Crippen LogP) is 1.18. The Morgan fingerprint density at radius 2 is 2.29 bits per heavy atom. The van der Waals surface area contributed by atoms with E-state index in [1.54, 1.807) is 12.1 Å². The molecule has 1 aromatic carbocycles. The van der Waals surface area contributed by atoms with Gasteiger partial charge in [0.2, 0.25) is 5.91 Å². The van der Waals surface area contributed by atoms with Gasteiger partial charge < -0.3 is 15.8 Å². The molecule has 6 heteroatoms. The van der Waals surface area contributed by atoms with Crippen LogP contribution in [-0.2, 0) is 16.1 Å². The minimum absolute atomic E-state index is 0.0657. The van der Waals surface area contributed by atoms with Crippen LogP contribution >= 0.6 is 15.9 Å². The molecule has 94 valence electrons. The number of rotatable bonds is 7. The van der Waals surface area contributed by atoms with Gasteiger partial charge in [0.25, 0.3) is 0 Å². The van der Waals surface area contributed by atoms with Crippen LogP contribution < -0.4 is 11.1 Å². The second-order valence-electron chi connectivity index (χ2n) is 3.44. The van der Waals surface area contributed by atoms with Gasteiger partial charge in [0, 0.05) is 13.1 Å². The van der Waals surface area contributed by atoms with Crippen molar-refractivity contribution in [3.05, 3.63) is 34.1 Å². The Bertz CT molecular complexity index is 388. The summed E-state index contributed by atoms with van der Waals surface area (Å²) in [5.74, 6) is -0.758. The Morgan fingerprint density at radius 3 is 2.94 bits per heavy atom. The number of nitrogens with two attached hydrogens (primary N) is 1. The van der Waals surface area contributed by atoms with Crippen molar-refractivity contribution >= 4 is 21.8 Å². The van der Waals surface area contributed by atoms with Crippen LogP contribution in [0.2, 0.25) is 0 Å². The van der Waals surface area contributed by atoms with Gasteiger partial charge >= 0.3 is 0 Å². The van der Waals surface area contributed by atoms with E-state index in [0.717, 1.165) is 5.56 Å². The highest BCUT2D eigenvalue weighted by molar-refractivity contribution is 9.10. The molecule has 0 heterocycles. The number of primary amides is 1. The van der Waals surface area contributed by atoms with Crippen molar-refractivity contribution in [2.24, 2.45) is 5.73 Å². The SMILES string of the molecule is NC(=O)COCCNCc1ccc(F)c(Br)c1. The molecule has 1 amide bonds. The molecular weight excluding hydrogens is 291 g/mol. The van der Waals surface area contributed by atoms with Gasteiger partial charge in [0.15, 0.2) is 0 Å². The zero-order valence-corrected chi connectivity index (χ0v) is 10.8. The highest BCUT2D eigenvalue weighted by Crippen LogP contribution is 2.16. The Kier molecular flexibility index (Phi) is 6.10. The molecule has 0 bridgehead atoms. The maximum absolute atomic E-state index is 12.9. The molecule has 3 N–H and O–H groups in total. The van der Waals surface area contributed by atoms with Gasteiger partial charge in [-0.1, -0.05) is 6.07 Å². The summed E-state index contributed by atoms with van der Waals surface area (Å²) in [5.41, 5.74) is 5.87. The van der Waals surface area contributed by atoms with Crippen LogP contribution in [0.5, 0.6) is 0 Å². The molecule has 0 radical (unpaired) electrons. The number of benzene rings is 1. The van der Waals surface area contributed by atoms with Gasteiger partial charge in [-0.15, -0.1) is 0 Å². The van der Waals surface area contributed by atoms with Gasteiger partial charge in [-0.25, -0.2) is 4.39 Å². The van der Waals surface area contributed by atoms with E-state index in [4.69, 9.17) is 10.5 Å². The number of amides is 1. The maximum atomic E-state index is 12.9. The number of hydrogen-bond acceptors (Lipinski definition) is 3. The number of halogens is 2. The van der Waals surface area contributed by atoms with Crippen LogP contribution in [0, 0.1) is 5.82 Å². The molecule has 0 fully saturated rings. The molecule has 0 aromatic heterocycles. The van der Waals surface area contributed by atoms with Gasteiger partial charge in [-0.05, 0) is 33.6 Å². The average Bonchev–Trinajstić information content (AvgIpc) is 2.27. The van der Waals surface area contributed by atoms with Gasteiger partial charge in [0.1, 0.15) is 12.4 Å². The van der Waals surface area contributed by atoms with E-state index < -0.39 is 5.91 Å². The lowest BCUT2D eigenvalue weighted by molar-refractivity contribution is -0.122. The fourth-order valence-corrected chi connectivity index (χ4v) is 1.63. The maximum Gasteiger partial charge on any atom is 0.243 e. The minimum Gasteiger partial charge on any atom is -0.370 e.